The molecule has 0 aliphatic carbocycles. The van der Waals surface area contributed by atoms with Crippen molar-refractivity contribution in [3.63, 3.8) is 0 Å². The highest BCUT2D eigenvalue weighted by Crippen LogP contribution is 2.14. The molecule has 3 N–H and O–H groups in total. The van der Waals surface area contributed by atoms with Crippen LogP contribution in [0.25, 0.3) is 0 Å². The largest absolute Gasteiger partial charge is 0.367 e. The van der Waals surface area contributed by atoms with Crippen molar-refractivity contribution in [1.82, 2.24) is 25.0 Å². The first kappa shape index (κ1) is 15.5. The zero-order valence-corrected chi connectivity index (χ0v) is 13.3. The maximum absolute atomic E-state index is 12.4. The summed E-state index contributed by atoms with van der Waals surface area (Å²) in [5.74, 6) is 0.757. The summed E-state index contributed by atoms with van der Waals surface area (Å²) in [5, 5.41) is 6.44. The standard InChI is InChI=1S/C16H22N6O/c1-12-10-22(15(23)9-14-18-16(17)20-19-14)8-7-21(12)11-13-5-3-2-4-6-13/h2-6,12H,7-11H2,1H3,(H3,17,18,19,20). The van der Waals surface area contributed by atoms with Gasteiger partial charge in [-0.15, -0.1) is 5.10 Å². The molecule has 2 heterocycles. The highest BCUT2D eigenvalue weighted by atomic mass is 16.2. The summed E-state index contributed by atoms with van der Waals surface area (Å²) in [6.07, 6.45) is 0.218. The lowest BCUT2D eigenvalue weighted by atomic mass is 10.1. The number of H-pyrrole nitrogens is 1. The molecule has 1 unspecified atom stereocenters. The van der Waals surface area contributed by atoms with Gasteiger partial charge in [0, 0.05) is 32.2 Å². The molecule has 1 aliphatic rings. The first-order valence-corrected chi connectivity index (χ1v) is 7.84. The number of nitrogens with one attached hydrogen (secondary N) is 1. The van der Waals surface area contributed by atoms with E-state index in [0.29, 0.717) is 11.9 Å². The lowest BCUT2D eigenvalue weighted by Crippen LogP contribution is -2.53. The molecule has 0 bridgehead atoms. The Balaban J connectivity index is 1.54. The zero-order chi connectivity index (χ0) is 16.2. The third-order valence-corrected chi connectivity index (χ3v) is 4.21. The monoisotopic (exact) mass is 314 g/mol. The fourth-order valence-electron chi connectivity index (χ4n) is 2.92. The van der Waals surface area contributed by atoms with Gasteiger partial charge in [0.05, 0.1) is 6.42 Å². The van der Waals surface area contributed by atoms with Crippen LogP contribution in [-0.2, 0) is 17.8 Å². The summed E-state index contributed by atoms with van der Waals surface area (Å²) >= 11 is 0. The Morgan fingerprint density at radius 2 is 2.13 bits per heavy atom. The van der Waals surface area contributed by atoms with Crippen LogP contribution < -0.4 is 5.73 Å². The lowest BCUT2D eigenvalue weighted by molar-refractivity contribution is -0.133. The van der Waals surface area contributed by atoms with Gasteiger partial charge in [0.15, 0.2) is 0 Å². The number of anilines is 1. The van der Waals surface area contributed by atoms with Gasteiger partial charge in [0.25, 0.3) is 0 Å². The molecule has 1 aromatic heterocycles. The van der Waals surface area contributed by atoms with E-state index in [9.17, 15) is 4.79 Å². The van der Waals surface area contributed by atoms with E-state index in [4.69, 9.17) is 5.73 Å². The minimum atomic E-state index is 0.0624. The van der Waals surface area contributed by atoms with Crippen LogP contribution in [0.5, 0.6) is 0 Å². The van der Waals surface area contributed by atoms with E-state index in [-0.39, 0.29) is 18.3 Å². The van der Waals surface area contributed by atoms with Crippen LogP contribution in [0, 0.1) is 0 Å². The molecule has 23 heavy (non-hydrogen) atoms. The SMILES string of the molecule is CC1CN(C(=O)Cc2nc(N)n[nH]2)CCN1Cc1ccccc1. The summed E-state index contributed by atoms with van der Waals surface area (Å²) in [6.45, 7) is 5.42. The van der Waals surface area contributed by atoms with Gasteiger partial charge in [-0.3, -0.25) is 14.8 Å². The van der Waals surface area contributed by atoms with Crippen molar-refractivity contribution in [3.05, 3.63) is 41.7 Å². The Bertz CT molecular complexity index is 656. The fraction of sp³-hybridized carbons (Fsp3) is 0.438. The fourth-order valence-corrected chi connectivity index (χ4v) is 2.92. The second kappa shape index (κ2) is 6.78. The molecule has 0 spiro atoms. The summed E-state index contributed by atoms with van der Waals surface area (Å²) in [5.41, 5.74) is 6.76. The first-order valence-electron chi connectivity index (χ1n) is 7.84. The highest BCUT2D eigenvalue weighted by molar-refractivity contribution is 5.78. The van der Waals surface area contributed by atoms with E-state index in [1.165, 1.54) is 5.56 Å². The van der Waals surface area contributed by atoms with Crippen LogP contribution in [0.4, 0.5) is 5.95 Å². The van der Waals surface area contributed by atoms with Crippen LogP contribution in [0.2, 0.25) is 0 Å². The van der Waals surface area contributed by atoms with Gasteiger partial charge in [0.1, 0.15) is 5.82 Å². The van der Waals surface area contributed by atoms with Crippen molar-refractivity contribution in [1.29, 1.82) is 0 Å². The molecular formula is C16H22N6O. The summed E-state index contributed by atoms with van der Waals surface area (Å²) in [6, 6.07) is 10.7. The number of hydrogen-bond acceptors (Lipinski definition) is 5. The van der Waals surface area contributed by atoms with Gasteiger partial charge in [-0.1, -0.05) is 30.3 Å². The molecule has 7 nitrogen and oxygen atoms in total. The van der Waals surface area contributed by atoms with Crippen LogP contribution in [0.3, 0.4) is 0 Å². The molecule has 1 saturated heterocycles. The third kappa shape index (κ3) is 3.87. The topological polar surface area (TPSA) is 91.1 Å². The zero-order valence-electron chi connectivity index (χ0n) is 13.3. The quantitative estimate of drug-likeness (QED) is 0.865. The molecule has 1 amide bonds. The lowest BCUT2D eigenvalue weighted by Gasteiger charge is -2.39. The van der Waals surface area contributed by atoms with Gasteiger partial charge in [-0.2, -0.15) is 4.98 Å². The molecule has 1 aliphatic heterocycles. The number of piperazine rings is 1. The Hall–Kier alpha value is -2.41. The smallest absolute Gasteiger partial charge is 0.239 e. The minimum Gasteiger partial charge on any atom is -0.367 e. The van der Waals surface area contributed by atoms with Gasteiger partial charge in [0.2, 0.25) is 11.9 Å². The summed E-state index contributed by atoms with van der Waals surface area (Å²) < 4.78 is 0. The molecule has 3 rings (SSSR count). The number of nitrogens with two attached hydrogens (primary N) is 1. The first-order chi connectivity index (χ1) is 11.1. The molecule has 1 fully saturated rings. The van der Waals surface area contributed by atoms with E-state index in [2.05, 4.69) is 51.3 Å². The van der Waals surface area contributed by atoms with Crippen molar-refractivity contribution in [2.45, 2.75) is 25.9 Å². The molecule has 7 heteroatoms. The second-order valence-corrected chi connectivity index (χ2v) is 5.96. The Morgan fingerprint density at radius 1 is 1.35 bits per heavy atom. The highest BCUT2D eigenvalue weighted by Gasteiger charge is 2.27. The van der Waals surface area contributed by atoms with Crippen LogP contribution in [0.1, 0.15) is 18.3 Å². The molecule has 2 aromatic rings. The van der Waals surface area contributed by atoms with Crippen molar-refractivity contribution >= 4 is 11.9 Å². The molecule has 1 atom stereocenters. The van der Waals surface area contributed by atoms with Gasteiger partial charge in [-0.25, -0.2) is 0 Å². The van der Waals surface area contributed by atoms with Crippen LogP contribution >= 0.6 is 0 Å². The van der Waals surface area contributed by atoms with E-state index < -0.39 is 0 Å². The molecule has 122 valence electrons. The van der Waals surface area contributed by atoms with Crippen molar-refractivity contribution in [2.24, 2.45) is 0 Å². The minimum absolute atomic E-state index is 0.0624. The number of aromatic nitrogens is 3. The van der Waals surface area contributed by atoms with Gasteiger partial charge < -0.3 is 10.6 Å². The molecule has 0 radical (unpaired) electrons. The van der Waals surface area contributed by atoms with Crippen molar-refractivity contribution in [3.8, 4) is 0 Å². The van der Waals surface area contributed by atoms with Crippen LogP contribution in [0.15, 0.2) is 30.3 Å². The third-order valence-electron chi connectivity index (χ3n) is 4.21. The number of hydrogen-bond donors (Lipinski definition) is 2. The Kier molecular flexibility index (Phi) is 4.57. The summed E-state index contributed by atoms with van der Waals surface area (Å²) in [4.78, 5) is 20.7. The second-order valence-electron chi connectivity index (χ2n) is 5.96. The predicted octanol–water partition coefficient (Wildman–Crippen LogP) is 0.662. The van der Waals surface area contributed by atoms with E-state index in [1.807, 2.05) is 11.0 Å². The molecule has 1 aromatic carbocycles. The maximum Gasteiger partial charge on any atom is 0.239 e. The normalized spacial score (nSPS) is 19.0. The van der Waals surface area contributed by atoms with E-state index in [0.717, 1.165) is 26.2 Å². The summed E-state index contributed by atoms with van der Waals surface area (Å²) in [7, 11) is 0. The van der Waals surface area contributed by atoms with Crippen LogP contribution in [-0.4, -0.2) is 56.6 Å². The number of amides is 1. The average Bonchev–Trinajstić information content (AvgIpc) is 2.95. The predicted molar refractivity (Wildman–Crippen MR) is 87.4 cm³/mol. The number of aromatic amines is 1. The van der Waals surface area contributed by atoms with Crippen molar-refractivity contribution in [2.75, 3.05) is 25.4 Å². The number of nitrogens with zero attached hydrogens (tertiary/aromatic N) is 4. The van der Waals surface area contributed by atoms with Gasteiger partial charge in [-0.05, 0) is 12.5 Å². The molecule has 0 saturated carbocycles. The number of nitrogen functional groups attached to an aromatic ring is 1. The number of carbonyl (C=O) groups excluding carboxylic acids is 1. The Morgan fingerprint density at radius 3 is 2.78 bits per heavy atom. The van der Waals surface area contributed by atoms with Crippen molar-refractivity contribution < 1.29 is 4.79 Å². The number of carbonyl (C=O) groups is 1. The number of benzene rings is 1. The van der Waals surface area contributed by atoms with E-state index >= 15 is 0 Å². The number of rotatable bonds is 4. The maximum atomic E-state index is 12.4. The Labute approximate surface area is 135 Å². The van der Waals surface area contributed by atoms with E-state index in [1.54, 1.807) is 0 Å². The van der Waals surface area contributed by atoms with Gasteiger partial charge >= 0.3 is 0 Å². The molecular weight excluding hydrogens is 292 g/mol. The average molecular weight is 314 g/mol.